The van der Waals surface area contributed by atoms with Gasteiger partial charge in [-0.1, -0.05) is 0 Å². The van der Waals surface area contributed by atoms with Crippen molar-refractivity contribution in [3.63, 3.8) is 0 Å². The van der Waals surface area contributed by atoms with E-state index < -0.39 is 10.1 Å². The minimum atomic E-state index is -4.11. The molecule has 0 aromatic carbocycles. The summed E-state index contributed by atoms with van der Waals surface area (Å²) in [4.78, 5) is -0.0812. The van der Waals surface area contributed by atoms with Crippen LogP contribution in [0, 0.1) is 0 Å². The smallest absolute Gasteiger partial charge is 0.291 e. The molecule has 0 radical (unpaired) electrons. The third-order valence-electron chi connectivity index (χ3n) is 1.71. The average Bonchev–Trinajstić information content (AvgIpc) is 2.47. The van der Waals surface area contributed by atoms with Gasteiger partial charge in [-0.2, -0.15) is 8.42 Å². The molecule has 76 valence electrons. The van der Waals surface area contributed by atoms with Crippen LogP contribution in [0.25, 0.3) is 0 Å². The van der Waals surface area contributed by atoms with E-state index in [4.69, 9.17) is 4.55 Å². The van der Waals surface area contributed by atoms with Crippen molar-refractivity contribution in [3.8, 4) is 0 Å². The van der Waals surface area contributed by atoms with Gasteiger partial charge in [0.2, 0.25) is 0 Å². The summed E-state index contributed by atoms with van der Waals surface area (Å²) in [6.45, 7) is 0. The molecule has 0 atom stereocenters. The van der Waals surface area contributed by atoms with E-state index in [-0.39, 0.29) is 17.5 Å². The monoisotopic (exact) mass is 216 g/mol. The minimum absolute atomic E-state index is 0. The Morgan fingerprint density at radius 1 is 1.36 bits per heavy atom. The van der Waals surface area contributed by atoms with Crippen LogP contribution in [-0.4, -0.2) is 18.7 Å². The highest BCUT2D eigenvalue weighted by Gasteiger charge is 2.23. The van der Waals surface area contributed by atoms with Gasteiger partial charge in [0.15, 0.2) is 0 Å². The number of rotatable bonds is 1. The first-order valence-electron chi connectivity index (χ1n) is 3.44. The Bertz CT molecular complexity index is 471. The van der Waals surface area contributed by atoms with Gasteiger partial charge in [-0.05, 0) is 17.4 Å². The van der Waals surface area contributed by atoms with Crippen molar-refractivity contribution in [3.05, 3.63) is 22.8 Å². The fourth-order valence-corrected chi connectivity index (χ4v) is 1.62. The van der Waals surface area contributed by atoms with E-state index in [9.17, 15) is 8.42 Å². The molecule has 7 nitrogen and oxygen atoms in total. The van der Waals surface area contributed by atoms with Crippen LogP contribution in [-0.2, 0) is 10.1 Å². The first kappa shape index (κ1) is 10.7. The molecule has 8 heteroatoms. The Morgan fingerprint density at radius 3 is 2.71 bits per heavy atom. The van der Waals surface area contributed by atoms with Gasteiger partial charge >= 0.3 is 0 Å². The maximum atomic E-state index is 10.7. The standard InChI is InChI=1S/C6H5N3O3S.H3N/c10-13(11,12)4-1-2-5-6(3-4)8-9-7-5;/h1-2H,3H2,(H,10,11,12);1H3. The quantitative estimate of drug-likeness (QED) is 0.634. The second-order valence-electron chi connectivity index (χ2n) is 2.57. The molecule has 4 N–H and O–H groups in total. The zero-order valence-corrected chi connectivity index (χ0v) is 7.90. The molecular formula is C6H8N4O3S. The average molecular weight is 216 g/mol. The lowest BCUT2D eigenvalue weighted by Crippen LogP contribution is -2.11. The summed E-state index contributed by atoms with van der Waals surface area (Å²) in [6, 6.07) is 0. The normalized spacial score (nSPS) is 19.1. The zero-order valence-electron chi connectivity index (χ0n) is 7.08. The molecule has 0 spiro atoms. The van der Waals surface area contributed by atoms with Gasteiger partial charge in [-0.25, -0.2) is 0 Å². The summed E-state index contributed by atoms with van der Waals surface area (Å²) in [5, 5.41) is 10.6. The van der Waals surface area contributed by atoms with E-state index in [1.54, 1.807) is 0 Å². The Labute approximate surface area is 80.2 Å². The fraction of sp³-hybridized carbons (Fsp3) is 0.167. The van der Waals surface area contributed by atoms with Crippen LogP contribution >= 0.6 is 0 Å². The second-order valence-corrected chi connectivity index (χ2v) is 4.05. The van der Waals surface area contributed by atoms with Gasteiger partial charge in [0.1, 0.15) is 5.70 Å². The van der Waals surface area contributed by atoms with Gasteiger partial charge in [0.25, 0.3) is 10.1 Å². The molecule has 0 unspecified atom stereocenters. The van der Waals surface area contributed by atoms with Crippen molar-refractivity contribution in [2.45, 2.75) is 6.42 Å². The van der Waals surface area contributed by atoms with Crippen molar-refractivity contribution in [1.82, 2.24) is 6.15 Å². The lowest BCUT2D eigenvalue weighted by atomic mass is 10.1. The summed E-state index contributed by atoms with van der Waals surface area (Å²) < 4.78 is 30.2. The molecule has 1 aliphatic carbocycles. The van der Waals surface area contributed by atoms with Gasteiger partial charge < -0.3 is 6.15 Å². The van der Waals surface area contributed by atoms with Crippen molar-refractivity contribution >= 4 is 15.8 Å². The van der Waals surface area contributed by atoms with E-state index in [0.29, 0.717) is 11.4 Å². The van der Waals surface area contributed by atoms with Crippen LogP contribution in [0.1, 0.15) is 6.42 Å². The van der Waals surface area contributed by atoms with E-state index in [0.717, 1.165) is 0 Å². The van der Waals surface area contributed by atoms with Crippen LogP contribution in [0.4, 0.5) is 0 Å². The molecule has 1 heterocycles. The molecule has 0 saturated carbocycles. The van der Waals surface area contributed by atoms with E-state index in [1.807, 2.05) is 0 Å². The van der Waals surface area contributed by atoms with Gasteiger partial charge in [-0.3, -0.25) is 4.55 Å². The Hall–Kier alpha value is -1.38. The minimum Gasteiger partial charge on any atom is -0.344 e. The highest BCUT2D eigenvalue weighted by Crippen LogP contribution is 2.24. The molecule has 0 amide bonds. The molecular weight excluding hydrogens is 208 g/mol. The van der Waals surface area contributed by atoms with E-state index in [2.05, 4.69) is 15.4 Å². The Morgan fingerprint density at radius 2 is 2.07 bits per heavy atom. The van der Waals surface area contributed by atoms with Crippen LogP contribution < -0.4 is 6.15 Å². The summed E-state index contributed by atoms with van der Waals surface area (Å²) in [7, 11) is -4.11. The fourth-order valence-electron chi connectivity index (χ4n) is 1.06. The largest absolute Gasteiger partial charge is 0.344 e. The maximum absolute atomic E-state index is 10.7. The predicted octanol–water partition coefficient (Wildman–Crippen LogP) is 1.03. The molecule has 0 bridgehead atoms. The van der Waals surface area contributed by atoms with Crippen molar-refractivity contribution in [2.75, 3.05) is 0 Å². The number of nitrogens with zero attached hydrogens (tertiary/aromatic N) is 3. The summed E-state index contributed by atoms with van der Waals surface area (Å²) in [5.74, 6) is 0. The summed E-state index contributed by atoms with van der Waals surface area (Å²) >= 11 is 0. The van der Waals surface area contributed by atoms with E-state index >= 15 is 0 Å². The highest BCUT2D eigenvalue weighted by molar-refractivity contribution is 7.89. The number of allylic oxidation sites excluding steroid dienone is 4. The third-order valence-corrected chi connectivity index (χ3v) is 2.66. The molecule has 1 aliphatic heterocycles. The van der Waals surface area contributed by atoms with E-state index in [1.165, 1.54) is 12.2 Å². The number of hydrogen-bond acceptors (Lipinski definition) is 6. The molecule has 0 aromatic heterocycles. The molecule has 0 aromatic rings. The Balaban J connectivity index is 0.000000980. The SMILES string of the molecule is N.O=S(=O)(O)C1=CC=C2N=NN=C2C1. The zero-order chi connectivity index (χ0) is 9.47. The van der Waals surface area contributed by atoms with Gasteiger partial charge in [-0.15, -0.1) is 10.2 Å². The number of hydrogen-bond donors (Lipinski definition) is 2. The van der Waals surface area contributed by atoms with Crippen LogP contribution in [0.3, 0.4) is 0 Å². The lowest BCUT2D eigenvalue weighted by Gasteiger charge is -2.06. The first-order valence-corrected chi connectivity index (χ1v) is 4.88. The molecule has 0 fully saturated rings. The van der Waals surface area contributed by atoms with Crippen LogP contribution in [0.2, 0.25) is 0 Å². The molecule has 14 heavy (non-hydrogen) atoms. The lowest BCUT2D eigenvalue weighted by molar-refractivity contribution is 0.490. The molecule has 0 saturated heterocycles. The first-order chi connectivity index (χ1) is 6.07. The second kappa shape index (κ2) is 3.40. The summed E-state index contributed by atoms with van der Waals surface area (Å²) in [6.07, 6.45) is 2.81. The molecule has 2 aliphatic rings. The van der Waals surface area contributed by atoms with Crippen LogP contribution in [0.5, 0.6) is 0 Å². The highest BCUT2D eigenvalue weighted by atomic mass is 32.2. The van der Waals surface area contributed by atoms with Crippen molar-refractivity contribution < 1.29 is 13.0 Å². The predicted molar refractivity (Wildman–Crippen MR) is 49.6 cm³/mol. The Kier molecular flexibility index (Phi) is 2.60. The molecule has 2 rings (SSSR count). The van der Waals surface area contributed by atoms with Crippen molar-refractivity contribution in [2.24, 2.45) is 15.4 Å². The summed E-state index contributed by atoms with van der Waals surface area (Å²) in [5.41, 5.74) is 1.02. The van der Waals surface area contributed by atoms with Gasteiger partial charge in [0, 0.05) is 6.42 Å². The number of fused-ring (bicyclic) bond motifs is 1. The maximum Gasteiger partial charge on any atom is 0.291 e. The van der Waals surface area contributed by atoms with Crippen molar-refractivity contribution in [1.29, 1.82) is 0 Å². The third kappa shape index (κ3) is 1.76. The van der Waals surface area contributed by atoms with Crippen LogP contribution in [0.15, 0.2) is 38.2 Å². The topological polar surface area (TPSA) is 126 Å². The van der Waals surface area contributed by atoms with Gasteiger partial charge in [0.05, 0.1) is 10.6 Å².